The van der Waals surface area contributed by atoms with Crippen molar-refractivity contribution in [3.63, 3.8) is 0 Å². The van der Waals surface area contributed by atoms with Crippen molar-refractivity contribution >= 4 is 5.88 Å². The van der Waals surface area contributed by atoms with Crippen LogP contribution in [0.25, 0.3) is 0 Å². The summed E-state index contributed by atoms with van der Waals surface area (Å²) in [7, 11) is 1.68. The van der Waals surface area contributed by atoms with Gasteiger partial charge in [0.2, 0.25) is 5.88 Å². The summed E-state index contributed by atoms with van der Waals surface area (Å²) in [5.41, 5.74) is 6.01. The molecule has 1 fully saturated rings. The van der Waals surface area contributed by atoms with E-state index in [1.54, 1.807) is 13.2 Å². The molecule has 0 aliphatic heterocycles. The van der Waals surface area contributed by atoms with Crippen molar-refractivity contribution < 1.29 is 9.26 Å². The Hall–Kier alpha value is -1.03. The topological polar surface area (TPSA) is 61.3 Å². The Bertz CT molecular complexity index is 265. The molecule has 0 unspecified atom stereocenters. The molecular weight excluding hydrogens is 144 g/mol. The van der Waals surface area contributed by atoms with Crippen LogP contribution in [0.2, 0.25) is 0 Å². The summed E-state index contributed by atoms with van der Waals surface area (Å²) in [6, 6.07) is 1.72. The van der Waals surface area contributed by atoms with E-state index in [2.05, 4.69) is 5.16 Å². The van der Waals surface area contributed by atoms with Crippen LogP contribution in [-0.4, -0.2) is 12.3 Å². The maximum Gasteiger partial charge on any atom is 0.222 e. The number of aromatic nitrogens is 1. The third-order valence-electron chi connectivity index (χ3n) is 2.09. The fourth-order valence-electron chi connectivity index (χ4n) is 1.18. The zero-order valence-corrected chi connectivity index (χ0v) is 6.33. The number of hydrogen-bond acceptors (Lipinski definition) is 4. The van der Waals surface area contributed by atoms with E-state index in [0.29, 0.717) is 5.88 Å². The minimum atomic E-state index is -0.179. The lowest BCUT2D eigenvalue weighted by Crippen LogP contribution is -2.08. The minimum Gasteiger partial charge on any atom is -0.372 e. The number of anilines is 1. The van der Waals surface area contributed by atoms with Crippen LogP contribution in [0.4, 0.5) is 5.88 Å². The average Bonchev–Trinajstić information content (AvgIpc) is 2.70. The van der Waals surface area contributed by atoms with Gasteiger partial charge in [-0.05, 0) is 12.8 Å². The first-order valence-electron chi connectivity index (χ1n) is 3.55. The maximum absolute atomic E-state index is 5.37. The largest absolute Gasteiger partial charge is 0.372 e. The van der Waals surface area contributed by atoms with Gasteiger partial charge >= 0.3 is 0 Å². The minimum absolute atomic E-state index is 0.179. The average molecular weight is 154 g/mol. The van der Waals surface area contributed by atoms with Crippen molar-refractivity contribution in [3.8, 4) is 0 Å². The first kappa shape index (κ1) is 6.67. The number of nitrogens with zero attached hydrogens (tertiary/aromatic N) is 1. The van der Waals surface area contributed by atoms with Crippen molar-refractivity contribution in [1.82, 2.24) is 5.16 Å². The Labute approximate surface area is 64.3 Å². The molecule has 60 valence electrons. The second kappa shape index (κ2) is 1.98. The molecule has 1 aliphatic rings. The highest BCUT2D eigenvalue weighted by molar-refractivity contribution is 5.30. The Kier molecular flexibility index (Phi) is 1.20. The lowest BCUT2D eigenvalue weighted by Gasteiger charge is -2.06. The summed E-state index contributed by atoms with van der Waals surface area (Å²) < 4.78 is 10.0. The lowest BCUT2D eigenvalue weighted by atomic mass is 10.2. The molecule has 1 heterocycles. The number of nitrogens with two attached hydrogens (primary N) is 1. The number of methoxy groups -OCH3 is 1. The summed E-state index contributed by atoms with van der Waals surface area (Å²) in [4.78, 5) is 0. The number of rotatable bonds is 2. The summed E-state index contributed by atoms with van der Waals surface area (Å²) in [5, 5.41) is 3.80. The smallest absolute Gasteiger partial charge is 0.222 e. The van der Waals surface area contributed by atoms with Gasteiger partial charge in [-0.3, -0.25) is 0 Å². The number of nitrogen functional groups attached to an aromatic ring is 1. The Morgan fingerprint density at radius 3 is 2.82 bits per heavy atom. The molecule has 0 aromatic carbocycles. The molecule has 1 saturated carbocycles. The van der Waals surface area contributed by atoms with Gasteiger partial charge in [-0.25, -0.2) is 0 Å². The quantitative estimate of drug-likeness (QED) is 0.687. The molecule has 1 aromatic heterocycles. The van der Waals surface area contributed by atoms with Gasteiger partial charge in [-0.15, -0.1) is 0 Å². The highest BCUT2D eigenvalue weighted by Crippen LogP contribution is 2.48. The summed E-state index contributed by atoms with van der Waals surface area (Å²) >= 11 is 0. The van der Waals surface area contributed by atoms with Gasteiger partial charge in [-0.1, -0.05) is 5.16 Å². The summed E-state index contributed by atoms with van der Waals surface area (Å²) in [6.45, 7) is 0. The Morgan fingerprint density at radius 2 is 2.45 bits per heavy atom. The molecule has 4 heteroatoms. The predicted octanol–water partition coefficient (Wildman–Crippen LogP) is 0.892. The molecule has 1 aliphatic carbocycles. The van der Waals surface area contributed by atoms with Crippen LogP contribution >= 0.6 is 0 Å². The SMILES string of the molecule is COC1(c2cc(N)on2)CC1. The third kappa shape index (κ3) is 0.903. The van der Waals surface area contributed by atoms with Crippen molar-refractivity contribution in [2.75, 3.05) is 12.8 Å². The van der Waals surface area contributed by atoms with Crippen LogP contribution in [0.1, 0.15) is 18.5 Å². The molecule has 0 radical (unpaired) electrons. The van der Waals surface area contributed by atoms with Gasteiger partial charge in [0.05, 0.1) is 0 Å². The summed E-state index contributed by atoms with van der Waals surface area (Å²) in [6.07, 6.45) is 2.02. The van der Waals surface area contributed by atoms with Crippen molar-refractivity contribution in [2.24, 2.45) is 0 Å². The van der Waals surface area contributed by atoms with E-state index in [0.717, 1.165) is 18.5 Å². The molecule has 2 rings (SSSR count). The van der Waals surface area contributed by atoms with E-state index in [1.165, 1.54) is 0 Å². The van der Waals surface area contributed by atoms with Crippen molar-refractivity contribution in [3.05, 3.63) is 11.8 Å². The van der Waals surface area contributed by atoms with Crippen LogP contribution in [0, 0.1) is 0 Å². The van der Waals surface area contributed by atoms with Crippen LogP contribution in [0.3, 0.4) is 0 Å². The van der Waals surface area contributed by atoms with Gasteiger partial charge < -0.3 is 15.0 Å². The van der Waals surface area contributed by atoms with Crippen LogP contribution < -0.4 is 5.73 Å². The van der Waals surface area contributed by atoms with Gasteiger partial charge in [0.1, 0.15) is 11.3 Å². The van der Waals surface area contributed by atoms with E-state index in [4.69, 9.17) is 15.0 Å². The van der Waals surface area contributed by atoms with Crippen LogP contribution in [0.5, 0.6) is 0 Å². The normalized spacial score (nSPS) is 20.1. The molecule has 0 saturated heterocycles. The van der Waals surface area contributed by atoms with Crippen LogP contribution in [-0.2, 0) is 10.3 Å². The third-order valence-corrected chi connectivity index (χ3v) is 2.09. The first-order chi connectivity index (χ1) is 5.27. The molecule has 0 spiro atoms. The highest BCUT2D eigenvalue weighted by Gasteiger charge is 2.47. The van der Waals surface area contributed by atoms with E-state index in [1.807, 2.05) is 0 Å². The second-order valence-electron chi connectivity index (χ2n) is 2.81. The number of ether oxygens (including phenoxy) is 1. The van der Waals surface area contributed by atoms with E-state index in [-0.39, 0.29) is 5.60 Å². The number of hydrogen-bond donors (Lipinski definition) is 1. The fourth-order valence-corrected chi connectivity index (χ4v) is 1.18. The molecule has 1 aromatic rings. The van der Waals surface area contributed by atoms with Gasteiger partial charge in [0, 0.05) is 13.2 Å². The Morgan fingerprint density at radius 1 is 1.73 bits per heavy atom. The predicted molar refractivity (Wildman–Crippen MR) is 38.8 cm³/mol. The van der Waals surface area contributed by atoms with E-state index in [9.17, 15) is 0 Å². The molecule has 4 nitrogen and oxygen atoms in total. The maximum atomic E-state index is 5.37. The second-order valence-corrected chi connectivity index (χ2v) is 2.81. The van der Waals surface area contributed by atoms with Crippen molar-refractivity contribution in [2.45, 2.75) is 18.4 Å². The monoisotopic (exact) mass is 154 g/mol. The first-order valence-corrected chi connectivity index (χ1v) is 3.55. The molecule has 0 amide bonds. The van der Waals surface area contributed by atoms with Crippen LogP contribution in [0.15, 0.2) is 10.6 Å². The molecule has 11 heavy (non-hydrogen) atoms. The van der Waals surface area contributed by atoms with E-state index >= 15 is 0 Å². The lowest BCUT2D eigenvalue weighted by molar-refractivity contribution is 0.0722. The zero-order chi connectivity index (χ0) is 7.90. The standard InChI is InChI=1S/C7H10N2O2/c1-10-7(2-3-7)5-4-6(8)11-9-5/h4H,2-3,8H2,1H3. The van der Waals surface area contributed by atoms with Gasteiger partial charge in [0.25, 0.3) is 0 Å². The van der Waals surface area contributed by atoms with E-state index < -0.39 is 0 Å². The fraction of sp³-hybridized carbons (Fsp3) is 0.571. The van der Waals surface area contributed by atoms with Gasteiger partial charge in [-0.2, -0.15) is 0 Å². The molecule has 0 atom stereocenters. The Balaban J connectivity index is 2.29. The molecular formula is C7H10N2O2. The summed E-state index contributed by atoms with van der Waals surface area (Å²) in [5.74, 6) is 0.350. The zero-order valence-electron chi connectivity index (χ0n) is 6.33. The molecule has 2 N–H and O–H groups in total. The highest BCUT2D eigenvalue weighted by atomic mass is 16.5. The van der Waals surface area contributed by atoms with Crippen molar-refractivity contribution in [1.29, 1.82) is 0 Å². The molecule has 0 bridgehead atoms. The van der Waals surface area contributed by atoms with Gasteiger partial charge in [0.15, 0.2) is 0 Å².